The minimum absolute atomic E-state index is 0.404. The Morgan fingerprint density at radius 3 is 2.50 bits per heavy atom. The molecule has 0 atom stereocenters. The number of para-hydroxylation sites is 1. The van der Waals surface area contributed by atoms with Crippen molar-refractivity contribution in [2.24, 2.45) is 0 Å². The number of hydrogen-bond acceptors (Lipinski definition) is 3. The first-order valence-corrected chi connectivity index (χ1v) is 6.56. The van der Waals surface area contributed by atoms with E-state index < -0.39 is 0 Å². The second-order valence-corrected chi connectivity index (χ2v) is 4.83. The molecule has 0 fully saturated rings. The molecular weight excluding hydrogens is 272 g/mol. The number of rotatable bonds is 1. The van der Waals surface area contributed by atoms with Crippen LogP contribution in [0.3, 0.4) is 0 Å². The summed E-state index contributed by atoms with van der Waals surface area (Å²) in [7, 11) is 0. The number of halogens is 1. The molecule has 0 unspecified atom stereocenters. The lowest BCUT2D eigenvalue weighted by molar-refractivity contribution is 0.849. The zero-order valence-electron chi connectivity index (χ0n) is 10.4. The van der Waals surface area contributed by atoms with Crippen molar-refractivity contribution in [1.29, 1.82) is 0 Å². The van der Waals surface area contributed by atoms with Gasteiger partial charge in [0.25, 0.3) is 0 Å². The maximum absolute atomic E-state index is 6.11. The molecule has 0 saturated heterocycles. The fourth-order valence-corrected chi connectivity index (χ4v) is 2.56. The Bertz CT molecular complexity index is 929. The van der Waals surface area contributed by atoms with Gasteiger partial charge in [0, 0.05) is 16.2 Å². The SMILES string of the molecule is Clc1nnc(-n2ncc3ccccc32)c2ccccc12. The summed E-state index contributed by atoms with van der Waals surface area (Å²) in [5, 5.41) is 15.9. The Morgan fingerprint density at radius 2 is 1.60 bits per heavy atom. The first-order valence-electron chi connectivity index (χ1n) is 6.18. The minimum atomic E-state index is 0.404. The van der Waals surface area contributed by atoms with E-state index >= 15 is 0 Å². The van der Waals surface area contributed by atoms with Crippen LogP contribution in [-0.2, 0) is 0 Å². The van der Waals surface area contributed by atoms with Crippen molar-refractivity contribution in [3.05, 3.63) is 59.9 Å². The van der Waals surface area contributed by atoms with Crippen molar-refractivity contribution in [1.82, 2.24) is 20.0 Å². The van der Waals surface area contributed by atoms with Crippen LogP contribution in [0, 0.1) is 0 Å². The number of aromatic nitrogens is 4. The topological polar surface area (TPSA) is 43.6 Å². The van der Waals surface area contributed by atoms with Gasteiger partial charge in [-0.05, 0) is 6.07 Å². The lowest BCUT2D eigenvalue weighted by Gasteiger charge is -2.06. The van der Waals surface area contributed by atoms with E-state index in [0.29, 0.717) is 11.0 Å². The highest BCUT2D eigenvalue weighted by atomic mass is 35.5. The molecule has 0 aliphatic carbocycles. The summed E-state index contributed by atoms with van der Waals surface area (Å²) < 4.78 is 1.79. The van der Waals surface area contributed by atoms with Crippen molar-refractivity contribution in [3.8, 4) is 5.82 Å². The number of fused-ring (bicyclic) bond motifs is 2. The molecule has 0 bridgehead atoms. The fraction of sp³-hybridized carbons (Fsp3) is 0. The summed E-state index contributed by atoms with van der Waals surface area (Å²) in [6, 6.07) is 15.8. The molecule has 0 amide bonds. The van der Waals surface area contributed by atoms with E-state index in [1.165, 1.54) is 0 Å². The van der Waals surface area contributed by atoms with Crippen molar-refractivity contribution in [3.63, 3.8) is 0 Å². The molecule has 2 heterocycles. The van der Waals surface area contributed by atoms with Crippen molar-refractivity contribution in [2.45, 2.75) is 0 Å². The molecular formula is C15H9ClN4. The first kappa shape index (κ1) is 11.4. The molecule has 2 aromatic carbocycles. The highest BCUT2D eigenvalue weighted by Gasteiger charge is 2.12. The van der Waals surface area contributed by atoms with Gasteiger partial charge in [-0.2, -0.15) is 5.10 Å². The summed E-state index contributed by atoms with van der Waals surface area (Å²) in [5.74, 6) is 0.686. The Hall–Kier alpha value is -2.46. The Balaban J connectivity index is 2.10. The lowest BCUT2D eigenvalue weighted by atomic mass is 10.2. The Kier molecular flexibility index (Phi) is 2.44. The highest BCUT2D eigenvalue weighted by molar-refractivity contribution is 6.34. The van der Waals surface area contributed by atoms with E-state index in [1.54, 1.807) is 4.68 Å². The number of hydrogen-bond donors (Lipinski definition) is 0. The monoisotopic (exact) mass is 280 g/mol. The minimum Gasteiger partial charge on any atom is -0.212 e. The second kappa shape index (κ2) is 4.28. The third-order valence-electron chi connectivity index (χ3n) is 3.30. The van der Waals surface area contributed by atoms with Crippen LogP contribution >= 0.6 is 11.6 Å². The van der Waals surface area contributed by atoms with Gasteiger partial charge in [-0.15, -0.1) is 10.2 Å². The van der Waals surface area contributed by atoms with Crippen LogP contribution in [0.2, 0.25) is 5.15 Å². The molecule has 96 valence electrons. The molecule has 0 aliphatic heterocycles. The summed E-state index contributed by atoms with van der Waals surface area (Å²) >= 11 is 6.11. The van der Waals surface area contributed by atoms with Gasteiger partial charge in [0.2, 0.25) is 0 Å². The van der Waals surface area contributed by atoms with Crippen LogP contribution in [0.15, 0.2) is 54.7 Å². The molecule has 0 N–H and O–H groups in total. The maximum Gasteiger partial charge on any atom is 0.184 e. The quantitative estimate of drug-likeness (QED) is 0.535. The predicted octanol–water partition coefficient (Wildman–Crippen LogP) is 3.62. The van der Waals surface area contributed by atoms with Gasteiger partial charge in [0.05, 0.1) is 11.7 Å². The zero-order chi connectivity index (χ0) is 13.5. The van der Waals surface area contributed by atoms with E-state index in [9.17, 15) is 0 Å². The average Bonchev–Trinajstić information content (AvgIpc) is 2.92. The first-order chi connectivity index (χ1) is 9.84. The Morgan fingerprint density at radius 1 is 0.850 bits per heavy atom. The largest absolute Gasteiger partial charge is 0.212 e. The molecule has 4 aromatic rings. The van der Waals surface area contributed by atoms with Crippen LogP contribution in [-0.4, -0.2) is 20.0 Å². The summed E-state index contributed by atoms with van der Waals surface area (Å²) in [6.07, 6.45) is 1.82. The van der Waals surface area contributed by atoms with Crippen LogP contribution in [0.1, 0.15) is 0 Å². The van der Waals surface area contributed by atoms with Gasteiger partial charge in [-0.25, -0.2) is 4.68 Å². The van der Waals surface area contributed by atoms with E-state index in [4.69, 9.17) is 11.6 Å². The fourth-order valence-electron chi connectivity index (χ4n) is 2.35. The summed E-state index contributed by atoms with van der Waals surface area (Å²) in [5.41, 5.74) is 0.995. The van der Waals surface area contributed by atoms with Gasteiger partial charge < -0.3 is 0 Å². The van der Waals surface area contributed by atoms with Crippen molar-refractivity contribution in [2.75, 3.05) is 0 Å². The van der Waals surface area contributed by atoms with Gasteiger partial charge in [0.15, 0.2) is 11.0 Å². The maximum atomic E-state index is 6.11. The van der Waals surface area contributed by atoms with Crippen LogP contribution in [0.5, 0.6) is 0 Å². The van der Waals surface area contributed by atoms with Gasteiger partial charge in [-0.1, -0.05) is 54.1 Å². The smallest absolute Gasteiger partial charge is 0.184 e. The van der Waals surface area contributed by atoms with Crippen LogP contribution < -0.4 is 0 Å². The van der Waals surface area contributed by atoms with Gasteiger partial charge in [0.1, 0.15) is 0 Å². The average molecular weight is 281 g/mol. The molecule has 0 aliphatic rings. The molecule has 5 heteroatoms. The van der Waals surface area contributed by atoms with Crippen LogP contribution in [0.4, 0.5) is 0 Å². The molecule has 0 radical (unpaired) electrons. The van der Waals surface area contributed by atoms with E-state index in [-0.39, 0.29) is 0 Å². The summed E-state index contributed by atoms with van der Waals surface area (Å²) in [4.78, 5) is 0. The van der Waals surface area contributed by atoms with Gasteiger partial charge >= 0.3 is 0 Å². The predicted molar refractivity (Wildman–Crippen MR) is 79.2 cm³/mol. The third kappa shape index (κ3) is 1.58. The molecule has 4 rings (SSSR count). The van der Waals surface area contributed by atoms with E-state index in [1.807, 2.05) is 54.7 Å². The molecule has 2 aromatic heterocycles. The highest BCUT2D eigenvalue weighted by Crippen LogP contribution is 2.26. The molecule has 20 heavy (non-hydrogen) atoms. The third-order valence-corrected chi connectivity index (χ3v) is 3.58. The van der Waals surface area contributed by atoms with Crippen LogP contribution in [0.25, 0.3) is 27.5 Å². The van der Waals surface area contributed by atoms with Crippen molar-refractivity contribution >= 4 is 33.3 Å². The van der Waals surface area contributed by atoms with E-state index in [2.05, 4.69) is 15.3 Å². The second-order valence-electron chi connectivity index (χ2n) is 4.48. The summed E-state index contributed by atoms with van der Waals surface area (Å²) in [6.45, 7) is 0. The van der Waals surface area contributed by atoms with Crippen molar-refractivity contribution < 1.29 is 0 Å². The van der Waals surface area contributed by atoms with Gasteiger partial charge in [-0.3, -0.25) is 0 Å². The molecule has 4 nitrogen and oxygen atoms in total. The van der Waals surface area contributed by atoms with E-state index in [0.717, 1.165) is 21.7 Å². The normalized spacial score (nSPS) is 11.2. The molecule has 0 saturated carbocycles. The molecule has 0 spiro atoms. The number of benzene rings is 2. The Labute approximate surface area is 119 Å². The zero-order valence-corrected chi connectivity index (χ0v) is 11.1. The standard InChI is InChI=1S/C15H9ClN4/c16-14-11-6-2-3-7-12(11)15(19-18-14)20-13-8-4-1-5-10(13)9-17-20/h1-9H. The number of nitrogens with zero attached hydrogens (tertiary/aromatic N) is 4. The lowest BCUT2D eigenvalue weighted by Crippen LogP contribution is -2.02.